The van der Waals surface area contributed by atoms with Crippen molar-refractivity contribution in [1.82, 2.24) is 4.90 Å². The number of nitrogens with two attached hydrogens (primary N) is 1. The summed E-state index contributed by atoms with van der Waals surface area (Å²) in [5.74, 6) is 0.800. The molecule has 1 fully saturated rings. The van der Waals surface area contributed by atoms with Crippen molar-refractivity contribution in [1.29, 1.82) is 0 Å². The van der Waals surface area contributed by atoms with E-state index in [1.54, 1.807) is 0 Å². The molecular formula is C19H32N2. The molecule has 2 atom stereocenters. The summed E-state index contributed by atoms with van der Waals surface area (Å²) < 4.78 is 0. The Morgan fingerprint density at radius 1 is 1.29 bits per heavy atom. The summed E-state index contributed by atoms with van der Waals surface area (Å²) >= 11 is 0. The molecule has 1 aliphatic rings. The number of benzene rings is 1. The third-order valence-electron chi connectivity index (χ3n) is 5.49. The molecule has 118 valence electrons. The van der Waals surface area contributed by atoms with E-state index >= 15 is 0 Å². The number of hydrogen-bond acceptors (Lipinski definition) is 2. The first-order valence-corrected chi connectivity index (χ1v) is 8.52. The Balaban J connectivity index is 2.26. The molecule has 21 heavy (non-hydrogen) atoms. The van der Waals surface area contributed by atoms with Gasteiger partial charge >= 0.3 is 0 Å². The van der Waals surface area contributed by atoms with Gasteiger partial charge in [0.1, 0.15) is 0 Å². The van der Waals surface area contributed by atoms with Crippen LogP contribution in [0.1, 0.15) is 56.2 Å². The van der Waals surface area contributed by atoms with Crippen molar-refractivity contribution in [3.8, 4) is 0 Å². The topological polar surface area (TPSA) is 29.3 Å². The first-order valence-electron chi connectivity index (χ1n) is 8.52. The van der Waals surface area contributed by atoms with Gasteiger partial charge in [-0.05, 0) is 55.8 Å². The van der Waals surface area contributed by atoms with Gasteiger partial charge in [0.25, 0.3) is 0 Å². The van der Waals surface area contributed by atoms with E-state index in [9.17, 15) is 0 Å². The molecule has 1 aromatic rings. The molecule has 0 radical (unpaired) electrons. The Morgan fingerprint density at radius 3 is 2.48 bits per heavy atom. The van der Waals surface area contributed by atoms with Crippen molar-refractivity contribution in [2.75, 3.05) is 13.1 Å². The van der Waals surface area contributed by atoms with Crippen molar-refractivity contribution in [2.45, 2.75) is 65.5 Å². The summed E-state index contributed by atoms with van der Waals surface area (Å²) in [5, 5.41) is 0. The van der Waals surface area contributed by atoms with E-state index < -0.39 is 0 Å². The quantitative estimate of drug-likeness (QED) is 0.886. The first-order chi connectivity index (χ1) is 10.0. The van der Waals surface area contributed by atoms with Gasteiger partial charge in [0.15, 0.2) is 0 Å². The van der Waals surface area contributed by atoms with E-state index in [1.165, 1.54) is 42.4 Å². The highest BCUT2D eigenvalue weighted by molar-refractivity contribution is 5.33. The average molecular weight is 288 g/mol. The molecule has 2 N–H and O–H groups in total. The number of rotatable bonds is 5. The Morgan fingerprint density at radius 2 is 1.95 bits per heavy atom. The second-order valence-corrected chi connectivity index (χ2v) is 7.01. The van der Waals surface area contributed by atoms with Crippen molar-refractivity contribution >= 4 is 0 Å². The molecule has 0 bridgehead atoms. The van der Waals surface area contributed by atoms with E-state index in [4.69, 9.17) is 5.73 Å². The van der Waals surface area contributed by atoms with Crippen LogP contribution in [0.2, 0.25) is 0 Å². The first kappa shape index (κ1) is 16.5. The van der Waals surface area contributed by atoms with Crippen molar-refractivity contribution < 1.29 is 0 Å². The molecule has 0 aromatic heterocycles. The van der Waals surface area contributed by atoms with Gasteiger partial charge in [-0.15, -0.1) is 0 Å². The van der Waals surface area contributed by atoms with E-state index in [0.717, 1.165) is 25.6 Å². The monoisotopic (exact) mass is 288 g/mol. The minimum Gasteiger partial charge on any atom is -0.329 e. The SMILES string of the molecule is CCN(Cc1c(C)cccc1C)C1(CN)CCCC(C)C1. The summed E-state index contributed by atoms with van der Waals surface area (Å²) in [7, 11) is 0. The van der Waals surface area contributed by atoms with Crippen LogP contribution >= 0.6 is 0 Å². The van der Waals surface area contributed by atoms with Gasteiger partial charge < -0.3 is 5.73 Å². The van der Waals surface area contributed by atoms with Gasteiger partial charge in [0.05, 0.1) is 0 Å². The fourth-order valence-corrected chi connectivity index (χ4v) is 4.14. The lowest BCUT2D eigenvalue weighted by molar-refractivity contribution is 0.0364. The standard InChI is InChI=1S/C19H32N2/c1-5-21(13-18-16(3)9-6-10-17(18)4)19(14-20)11-7-8-15(2)12-19/h6,9-10,15H,5,7-8,11-14,20H2,1-4H3. The molecule has 2 heteroatoms. The van der Waals surface area contributed by atoms with Crippen LogP contribution < -0.4 is 5.73 Å². The highest BCUT2D eigenvalue weighted by atomic mass is 15.2. The lowest BCUT2D eigenvalue weighted by Crippen LogP contribution is -2.55. The normalized spacial score (nSPS) is 26.3. The molecule has 2 rings (SSSR count). The fourth-order valence-electron chi connectivity index (χ4n) is 4.14. The number of nitrogens with zero attached hydrogens (tertiary/aromatic N) is 1. The van der Waals surface area contributed by atoms with Gasteiger partial charge in [-0.1, -0.05) is 44.9 Å². The highest BCUT2D eigenvalue weighted by Crippen LogP contribution is 2.37. The van der Waals surface area contributed by atoms with Gasteiger partial charge in [-0.3, -0.25) is 4.90 Å². The lowest BCUT2D eigenvalue weighted by Gasteiger charge is -2.48. The van der Waals surface area contributed by atoms with E-state index in [0.29, 0.717) is 0 Å². The van der Waals surface area contributed by atoms with Crippen molar-refractivity contribution in [3.05, 3.63) is 34.9 Å². The zero-order chi connectivity index (χ0) is 15.5. The summed E-state index contributed by atoms with van der Waals surface area (Å²) in [4.78, 5) is 2.65. The van der Waals surface area contributed by atoms with Crippen LogP contribution in [0.3, 0.4) is 0 Å². The van der Waals surface area contributed by atoms with Crippen LogP contribution in [0.15, 0.2) is 18.2 Å². The Bertz CT molecular complexity index is 448. The maximum absolute atomic E-state index is 6.27. The van der Waals surface area contributed by atoms with Crippen molar-refractivity contribution in [3.63, 3.8) is 0 Å². The van der Waals surface area contributed by atoms with Crippen LogP contribution in [0.25, 0.3) is 0 Å². The number of aryl methyl sites for hydroxylation is 2. The van der Waals surface area contributed by atoms with E-state index in [-0.39, 0.29) is 5.54 Å². The van der Waals surface area contributed by atoms with Gasteiger partial charge in [-0.25, -0.2) is 0 Å². The van der Waals surface area contributed by atoms with Gasteiger partial charge in [-0.2, -0.15) is 0 Å². The van der Waals surface area contributed by atoms with Gasteiger partial charge in [0.2, 0.25) is 0 Å². The van der Waals surface area contributed by atoms with E-state index in [1.807, 2.05) is 0 Å². The third kappa shape index (κ3) is 3.49. The molecular weight excluding hydrogens is 256 g/mol. The molecule has 2 nitrogen and oxygen atoms in total. The maximum Gasteiger partial charge on any atom is 0.0337 e. The molecule has 0 heterocycles. The second-order valence-electron chi connectivity index (χ2n) is 7.01. The highest BCUT2D eigenvalue weighted by Gasteiger charge is 2.38. The van der Waals surface area contributed by atoms with Crippen molar-refractivity contribution in [2.24, 2.45) is 11.7 Å². The Hall–Kier alpha value is -0.860. The smallest absolute Gasteiger partial charge is 0.0337 e. The van der Waals surface area contributed by atoms with Crippen LogP contribution in [0, 0.1) is 19.8 Å². The van der Waals surface area contributed by atoms with Gasteiger partial charge in [0, 0.05) is 18.6 Å². The predicted octanol–water partition coefficient (Wildman–Crippen LogP) is 4.03. The van der Waals surface area contributed by atoms with Crippen LogP contribution in [-0.4, -0.2) is 23.5 Å². The fraction of sp³-hybridized carbons (Fsp3) is 0.684. The Labute approximate surface area is 130 Å². The average Bonchev–Trinajstić information content (AvgIpc) is 2.47. The largest absolute Gasteiger partial charge is 0.329 e. The Kier molecular flexibility index (Phi) is 5.45. The number of hydrogen-bond donors (Lipinski definition) is 1. The molecule has 1 saturated carbocycles. The lowest BCUT2D eigenvalue weighted by atomic mass is 9.75. The molecule has 1 aliphatic carbocycles. The summed E-state index contributed by atoms with van der Waals surface area (Å²) in [6.07, 6.45) is 5.19. The van der Waals surface area contributed by atoms with Crippen LogP contribution in [0.4, 0.5) is 0 Å². The molecule has 0 saturated heterocycles. The maximum atomic E-state index is 6.27. The zero-order valence-electron chi connectivity index (χ0n) is 14.3. The molecule has 0 aliphatic heterocycles. The summed E-state index contributed by atoms with van der Waals surface area (Å²) in [6, 6.07) is 6.62. The molecule has 1 aromatic carbocycles. The molecule has 0 spiro atoms. The van der Waals surface area contributed by atoms with Crippen LogP contribution in [-0.2, 0) is 6.54 Å². The van der Waals surface area contributed by atoms with Crippen LogP contribution in [0.5, 0.6) is 0 Å². The number of likely N-dealkylation sites (N-methyl/N-ethyl adjacent to an activating group) is 1. The predicted molar refractivity (Wildman–Crippen MR) is 91.4 cm³/mol. The summed E-state index contributed by atoms with van der Waals surface area (Å²) in [5.41, 5.74) is 10.8. The minimum atomic E-state index is 0.209. The molecule has 2 unspecified atom stereocenters. The summed E-state index contributed by atoms with van der Waals surface area (Å²) in [6.45, 7) is 12.0. The minimum absolute atomic E-state index is 0.209. The van der Waals surface area contributed by atoms with E-state index in [2.05, 4.69) is 50.8 Å². The second kappa shape index (κ2) is 6.93. The third-order valence-corrected chi connectivity index (χ3v) is 5.49. The zero-order valence-corrected chi connectivity index (χ0v) is 14.3. The molecule has 0 amide bonds.